The van der Waals surface area contributed by atoms with Crippen LogP contribution in [0.2, 0.25) is 5.02 Å². The van der Waals surface area contributed by atoms with Gasteiger partial charge < -0.3 is 5.32 Å². The molecule has 2 saturated heterocycles. The molecular formula is C20H22ClN3O3. The minimum atomic E-state index is -1.27. The van der Waals surface area contributed by atoms with E-state index in [-0.39, 0.29) is 30.3 Å². The maximum atomic E-state index is 13.2. The minimum absolute atomic E-state index is 0.152. The number of hydrogen-bond acceptors (Lipinski definition) is 4. The van der Waals surface area contributed by atoms with E-state index in [1.54, 1.807) is 18.2 Å². The van der Waals surface area contributed by atoms with Crippen molar-refractivity contribution in [3.05, 3.63) is 41.4 Å². The number of amides is 3. The fraction of sp³-hybridized carbons (Fsp3) is 0.450. The summed E-state index contributed by atoms with van der Waals surface area (Å²) >= 11 is 6.20. The third kappa shape index (κ3) is 2.39. The number of imide groups is 1. The van der Waals surface area contributed by atoms with Gasteiger partial charge in [0.1, 0.15) is 5.54 Å². The molecule has 1 aromatic carbocycles. The Balaban J connectivity index is 1.89. The Kier molecular flexibility index (Phi) is 4.16. The topological polar surface area (TPSA) is 78.5 Å². The molecule has 0 radical (unpaired) electrons. The lowest BCUT2D eigenvalue weighted by molar-refractivity contribution is -0.142. The van der Waals surface area contributed by atoms with Gasteiger partial charge in [0.15, 0.2) is 0 Å². The SMILES string of the molecule is C=CCN1C(=O)[C@H]2[C@H](CC(C)C)N[C@@]3(C(=O)Nc4ccc(Cl)cc43)[C@H]2C1=O. The standard InChI is InChI=1S/C20H22ClN3O3/c1-4-7-24-17(25)15-14(8-10(2)3)23-20(16(15)18(24)26)12-9-11(21)5-6-13(12)22-19(20)27/h4-6,9-10,14-16,23H,1,7-8H2,2-3H3,(H,22,27)/t14-,15-,16+,20+/m0/s1. The number of carbonyl (C=O) groups is 3. The number of nitrogens with one attached hydrogen (secondary N) is 2. The molecule has 4 rings (SSSR count). The van der Waals surface area contributed by atoms with E-state index in [2.05, 4.69) is 31.1 Å². The Morgan fingerprint density at radius 2 is 2.04 bits per heavy atom. The molecule has 142 valence electrons. The van der Waals surface area contributed by atoms with Gasteiger partial charge in [-0.1, -0.05) is 31.5 Å². The van der Waals surface area contributed by atoms with Crippen molar-refractivity contribution < 1.29 is 14.4 Å². The third-order valence-corrected chi connectivity index (χ3v) is 6.04. The molecule has 4 atom stereocenters. The maximum Gasteiger partial charge on any atom is 0.250 e. The van der Waals surface area contributed by atoms with Crippen LogP contribution in [0.1, 0.15) is 25.8 Å². The van der Waals surface area contributed by atoms with Gasteiger partial charge in [0.25, 0.3) is 0 Å². The van der Waals surface area contributed by atoms with Crippen LogP contribution in [-0.2, 0) is 19.9 Å². The number of nitrogens with zero attached hydrogens (tertiary/aromatic N) is 1. The van der Waals surface area contributed by atoms with E-state index < -0.39 is 17.4 Å². The molecule has 0 aromatic heterocycles. The van der Waals surface area contributed by atoms with E-state index in [0.29, 0.717) is 28.6 Å². The summed E-state index contributed by atoms with van der Waals surface area (Å²) in [4.78, 5) is 40.7. The van der Waals surface area contributed by atoms with Gasteiger partial charge in [-0.25, -0.2) is 0 Å². The normalized spacial score (nSPS) is 31.6. The summed E-state index contributed by atoms with van der Waals surface area (Å²) in [6.45, 7) is 7.92. The van der Waals surface area contributed by atoms with Gasteiger partial charge in [0.05, 0.1) is 11.8 Å². The van der Waals surface area contributed by atoms with E-state index >= 15 is 0 Å². The number of halogens is 1. The molecule has 3 heterocycles. The number of anilines is 1. The van der Waals surface area contributed by atoms with Crippen molar-refractivity contribution in [2.24, 2.45) is 17.8 Å². The fourth-order valence-electron chi connectivity index (χ4n) is 4.85. The van der Waals surface area contributed by atoms with E-state index in [1.165, 1.54) is 11.0 Å². The van der Waals surface area contributed by atoms with Gasteiger partial charge in [0, 0.05) is 28.9 Å². The summed E-state index contributed by atoms with van der Waals surface area (Å²) < 4.78 is 0. The highest BCUT2D eigenvalue weighted by Gasteiger charge is 2.70. The molecule has 0 bridgehead atoms. The van der Waals surface area contributed by atoms with Crippen molar-refractivity contribution in [1.82, 2.24) is 10.2 Å². The van der Waals surface area contributed by atoms with Crippen LogP contribution in [0.4, 0.5) is 5.69 Å². The zero-order chi connectivity index (χ0) is 19.5. The highest BCUT2D eigenvalue weighted by atomic mass is 35.5. The largest absolute Gasteiger partial charge is 0.324 e. The molecule has 27 heavy (non-hydrogen) atoms. The summed E-state index contributed by atoms with van der Waals surface area (Å²) in [5.41, 5.74) is -0.00115. The van der Waals surface area contributed by atoms with Crippen LogP contribution in [0, 0.1) is 17.8 Å². The summed E-state index contributed by atoms with van der Waals surface area (Å²) in [5.74, 6) is -1.92. The van der Waals surface area contributed by atoms with Gasteiger partial charge in [-0.05, 0) is 30.5 Å². The van der Waals surface area contributed by atoms with Gasteiger partial charge >= 0.3 is 0 Å². The molecule has 6 nitrogen and oxygen atoms in total. The number of benzene rings is 1. The Bertz CT molecular complexity index is 868. The van der Waals surface area contributed by atoms with Crippen molar-refractivity contribution in [1.29, 1.82) is 0 Å². The first kappa shape index (κ1) is 18.2. The lowest BCUT2D eigenvalue weighted by Crippen LogP contribution is -2.53. The average molecular weight is 388 g/mol. The van der Waals surface area contributed by atoms with Gasteiger partial charge in [-0.2, -0.15) is 0 Å². The monoisotopic (exact) mass is 387 g/mol. The highest BCUT2D eigenvalue weighted by Crippen LogP contribution is 2.54. The molecule has 2 fully saturated rings. The smallest absolute Gasteiger partial charge is 0.250 e. The molecule has 3 aliphatic heterocycles. The van der Waals surface area contributed by atoms with E-state index in [9.17, 15) is 14.4 Å². The second-order valence-corrected chi connectivity index (χ2v) is 8.35. The van der Waals surface area contributed by atoms with Crippen LogP contribution in [0.15, 0.2) is 30.9 Å². The lowest BCUT2D eigenvalue weighted by atomic mass is 9.76. The Morgan fingerprint density at radius 1 is 1.30 bits per heavy atom. The Labute approximate surface area is 162 Å². The molecule has 0 aliphatic carbocycles. The molecule has 1 aromatic rings. The Hall–Kier alpha value is -2.18. The predicted molar refractivity (Wildman–Crippen MR) is 102 cm³/mol. The first-order chi connectivity index (χ1) is 12.8. The number of fused-ring (bicyclic) bond motifs is 4. The van der Waals surface area contributed by atoms with E-state index in [1.807, 2.05) is 0 Å². The van der Waals surface area contributed by atoms with Crippen molar-refractivity contribution in [2.45, 2.75) is 31.8 Å². The maximum absolute atomic E-state index is 13.2. The van der Waals surface area contributed by atoms with Crippen LogP contribution >= 0.6 is 11.6 Å². The van der Waals surface area contributed by atoms with E-state index in [0.717, 1.165) is 0 Å². The first-order valence-corrected chi connectivity index (χ1v) is 9.54. The van der Waals surface area contributed by atoms with Gasteiger partial charge in [0.2, 0.25) is 17.7 Å². The molecule has 3 aliphatic rings. The third-order valence-electron chi connectivity index (χ3n) is 5.81. The van der Waals surface area contributed by atoms with Gasteiger partial charge in [-0.15, -0.1) is 6.58 Å². The minimum Gasteiger partial charge on any atom is -0.324 e. The van der Waals surface area contributed by atoms with Crippen molar-refractivity contribution in [3.63, 3.8) is 0 Å². The molecule has 0 saturated carbocycles. The highest BCUT2D eigenvalue weighted by molar-refractivity contribution is 6.31. The quantitative estimate of drug-likeness (QED) is 0.613. The summed E-state index contributed by atoms with van der Waals surface area (Å²) in [6.07, 6.45) is 2.22. The van der Waals surface area contributed by atoms with Crippen molar-refractivity contribution in [2.75, 3.05) is 11.9 Å². The van der Waals surface area contributed by atoms with Gasteiger partial charge in [-0.3, -0.25) is 24.6 Å². The summed E-state index contributed by atoms with van der Waals surface area (Å²) in [5, 5.41) is 6.74. The number of carbonyl (C=O) groups excluding carboxylic acids is 3. The number of hydrogen-bond donors (Lipinski definition) is 2. The Morgan fingerprint density at radius 3 is 2.70 bits per heavy atom. The molecule has 0 unspecified atom stereocenters. The van der Waals surface area contributed by atoms with Crippen LogP contribution in [0.3, 0.4) is 0 Å². The molecule has 7 heteroatoms. The lowest BCUT2D eigenvalue weighted by Gasteiger charge is -2.29. The summed E-state index contributed by atoms with van der Waals surface area (Å²) in [7, 11) is 0. The van der Waals surface area contributed by atoms with Crippen molar-refractivity contribution in [3.8, 4) is 0 Å². The molecular weight excluding hydrogens is 366 g/mol. The first-order valence-electron chi connectivity index (χ1n) is 9.16. The second kappa shape index (κ2) is 6.17. The average Bonchev–Trinajstić information content (AvgIpc) is 3.16. The van der Waals surface area contributed by atoms with Crippen LogP contribution in [0.25, 0.3) is 0 Å². The molecule has 1 spiro atoms. The second-order valence-electron chi connectivity index (χ2n) is 7.91. The zero-order valence-electron chi connectivity index (χ0n) is 15.3. The zero-order valence-corrected chi connectivity index (χ0v) is 16.0. The van der Waals surface area contributed by atoms with Crippen LogP contribution in [0.5, 0.6) is 0 Å². The van der Waals surface area contributed by atoms with Crippen LogP contribution in [-0.4, -0.2) is 35.2 Å². The predicted octanol–water partition coefficient (Wildman–Crippen LogP) is 2.29. The fourth-order valence-corrected chi connectivity index (χ4v) is 5.03. The number of likely N-dealkylation sites (tertiary alicyclic amines) is 1. The molecule has 3 amide bonds. The van der Waals surface area contributed by atoms with E-state index in [4.69, 9.17) is 11.6 Å². The number of rotatable bonds is 4. The summed E-state index contributed by atoms with van der Waals surface area (Å²) in [6, 6.07) is 4.88. The van der Waals surface area contributed by atoms with Crippen molar-refractivity contribution >= 4 is 35.0 Å². The van der Waals surface area contributed by atoms with Crippen LogP contribution < -0.4 is 10.6 Å². The molecule has 2 N–H and O–H groups in total.